The summed E-state index contributed by atoms with van der Waals surface area (Å²) in [5, 5.41) is 3.27. The molecule has 1 atom stereocenters. The van der Waals surface area contributed by atoms with Crippen molar-refractivity contribution in [3.8, 4) is 11.4 Å². The average Bonchev–Trinajstić information content (AvgIpc) is 3.32. The highest BCUT2D eigenvalue weighted by molar-refractivity contribution is 5.77. The lowest BCUT2D eigenvalue weighted by molar-refractivity contribution is -0.163. The van der Waals surface area contributed by atoms with Crippen LogP contribution in [0, 0.1) is 0 Å². The number of aromatic nitrogens is 2. The van der Waals surface area contributed by atoms with E-state index in [1.54, 1.807) is 0 Å². The van der Waals surface area contributed by atoms with E-state index in [2.05, 4.69) is 14.7 Å². The monoisotopic (exact) mass is 437 g/mol. The van der Waals surface area contributed by atoms with Gasteiger partial charge in [0.2, 0.25) is 11.7 Å². The van der Waals surface area contributed by atoms with Gasteiger partial charge in [-0.15, -0.1) is 0 Å². The second-order valence-electron chi connectivity index (χ2n) is 6.82. The number of alkyl halides is 6. The van der Waals surface area contributed by atoms with Gasteiger partial charge in [0.1, 0.15) is 6.42 Å². The van der Waals surface area contributed by atoms with Gasteiger partial charge in [-0.05, 0) is 18.4 Å². The first kappa shape index (κ1) is 22.1. The zero-order valence-corrected chi connectivity index (χ0v) is 15.5. The molecule has 1 aromatic carbocycles. The fourth-order valence-electron chi connectivity index (χ4n) is 3.01. The fraction of sp³-hybridized carbons (Fsp3) is 0.500. The van der Waals surface area contributed by atoms with Crippen molar-refractivity contribution in [1.29, 1.82) is 0 Å². The summed E-state index contributed by atoms with van der Waals surface area (Å²) in [6, 6.07) is 5.75. The molecule has 12 heteroatoms. The number of hydrogen-bond acceptors (Lipinski definition) is 5. The van der Waals surface area contributed by atoms with Crippen molar-refractivity contribution in [1.82, 2.24) is 15.0 Å². The van der Waals surface area contributed by atoms with Crippen molar-refractivity contribution in [2.45, 2.75) is 44.3 Å². The zero-order chi connectivity index (χ0) is 21.9. The SMILES string of the molecule is O=C(CC(F)(F)F)N(Cc1ccc(-c2noc(C(F)(F)F)n2)cc1)CC1CCCO1. The first-order chi connectivity index (χ1) is 14.0. The molecule has 0 bridgehead atoms. The number of benzene rings is 1. The lowest BCUT2D eigenvalue weighted by Crippen LogP contribution is -2.38. The number of hydrogen-bond donors (Lipinski definition) is 0. The van der Waals surface area contributed by atoms with Gasteiger partial charge in [-0.25, -0.2) is 0 Å². The van der Waals surface area contributed by atoms with Crippen LogP contribution < -0.4 is 0 Å². The maximum atomic E-state index is 12.7. The smallest absolute Gasteiger partial charge is 0.376 e. The highest BCUT2D eigenvalue weighted by atomic mass is 19.4. The largest absolute Gasteiger partial charge is 0.471 e. The molecule has 0 radical (unpaired) electrons. The van der Waals surface area contributed by atoms with E-state index in [9.17, 15) is 31.1 Å². The molecule has 6 nitrogen and oxygen atoms in total. The van der Waals surface area contributed by atoms with E-state index in [-0.39, 0.29) is 30.6 Å². The van der Waals surface area contributed by atoms with Crippen LogP contribution >= 0.6 is 0 Å². The molecule has 164 valence electrons. The topological polar surface area (TPSA) is 68.5 Å². The molecule has 0 spiro atoms. The number of carbonyl (C=O) groups excluding carboxylic acids is 1. The quantitative estimate of drug-likeness (QED) is 0.634. The summed E-state index contributed by atoms with van der Waals surface area (Å²) in [6.45, 7) is 0.414. The van der Waals surface area contributed by atoms with Crippen LogP contribution in [0.25, 0.3) is 11.4 Å². The molecule has 1 aliphatic heterocycles. The number of amides is 1. The Morgan fingerprint density at radius 2 is 1.83 bits per heavy atom. The Bertz CT molecular complexity index is 857. The minimum Gasteiger partial charge on any atom is -0.376 e. The van der Waals surface area contributed by atoms with Crippen molar-refractivity contribution in [2.24, 2.45) is 0 Å². The van der Waals surface area contributed by atoms with Crippen LogP contribution in [0.15, 0.2) is 28.8 Å². The van der Waals surface area contributed by atoms with Crippen molar-refractivity contribution < 1.29 is 40.4 Å². The standard InChI is InChI=1S/C18H17F6N3O3/c19-17(20,21)8-14(28)27(10-13-2-1-7-29-13)9-11-3-5-12(6-4-11)15-25-16(30-26-15)18(22,23)24/h3-6,13H,1-2,7-10H2. The normalized spacial score (nSPS) is 17.3. The van der Waals surface area contributed by atoms with Crippen LogP contribution in [0.2, 0.25) is 0 Å². The van der Waals surface area contributed by atoms with E-state index in [0.29, 0.717) is 18.6 Å². The van der Waals surface area contributed by atoms with Crippen LogP contribution in [0.4, 0.5) is 26.3 Å². The number of nitrogens with zero attached hydrogens (tertiary/aromatic N) is 3. The molecule has 1 aromatic heterocycles. The minimum atomic E-state index is -4.77. The van der Waals surface area contributed by atoms with Crippen molar-refractivity contribution in [3.05, 3.63) is 35.7 Å². The molecular formula is C18H17F6N3O3. The number of halogens is 6. The van der Waals surface area contributed by atoms with Gasteiger partial charge in [0.15, 0.2) is 0 Å². The Labute approximate surface area is 166 Å². The lowest BCUT2D eigenvalue weighted by atomic mass is 10.1. The van der Waals surface area contributed by atoms with Crippen molar-refractivity contribution in [2.75, 3.05) is 13.2 Å². The summed E-state index contributed by atoms with van der Waals surface area (Å²) >= 11 is 0. The van der Waals surface area contributed by atoms with E-state index in [1.165, 1.54) is 24.3 Å². The van der Waals surface area contributed by atoms with Crippen molar-refractivity contribution in [3.63, 3.8) is 0 Å². The van der Waals surface area contributed by atoms with Crippen LogP contribution in [-0.4, -0.2) is 46.4 Å². The first-order valence-corrected chi connectivity index (χ1v) is 8.97. The van der Waals surface area contributed by atoms with Gasteiger partial charge >= 0.3 is 18.2 Å². The maximum Gasteiger partial charge on any atom is 0.471 e. The predicted molar refractivity (Wildman–Crippen MR) is 89.8 cm³/mol. The third-order valence-corrected chi connectivity index (χ3v) is 4.41. The fourth-order valence-corrected chi connectivity index (χ4v) is 3.01. The molecule has 1 fully saturated rings. The van der Waals surface area contributed by atoms with E-state index in [0.717, 1.165) is 11.3 Å². The van der Waals surface area contributed by atoms with Crippen LogP contribution in [0.3, 0.4) is 0 Å². The van der Waals surface area contributed by atoms with Crippen LogP contribution in [0.5, 0.6) is 0 Å². The highest BCUT2D eigenvalue weighted by Gasteiger charge is 2.38. The van der Waals surface area contributed by atoms with Gasteiger partial charge in [-0.3, -0.25) is 4.79 Å². The van der Waals surface area contributed by atoms with Crippen LogP contribution in [-0.2, 0) is 22.3 Å². The third kappa shape index (κ3) is 5.94. The molecule has 2 heterocycles. The zero-order valence-electron chi connectivity index (χ0n) is 15.5. The molecule has 0 saturated carbocycles. The molecule has 0 aliphatic carbocycles. The second-order valence-corrected chi connectivity index (χ2v) is 6.82. The molecule has 3 rings (SSSR count). The Morgan fingerprint density at radius 1 is 1.13 bits per heavy atom. The van der Waals surface area contributed by atoms with Gasteiger partial charge in [0, 0.05) is 25.3 Å². The van der Waals surface area contributed by atoms with Gasteiger partial charge in [-0.1, -0.05) is 29.4 Å². The molecule has 30 heavy (non-hydrogen) atoms. The first-order valence-electron chi connectivity index (χ1n) is 8.97. The molecule has 1 aliphatic rings. The number of ether oxygens (including phenoxy) is 1. The summed E-state index contributed by atoms with van der Waals surface area (Å²) in [7, 11) is 0. The summed E-state index contributed by atoms with van der Waals surface area (Å²) in [5.74, 6) is -2.84. The van der Waals surface area contributed by atoms with Gasteiger partial charge in [-0.2, -0.15) is 31.3 Å². The van der Waals surface area contributed by atoms with E-state index >= 15 is 0 Å². The average molecular weight is 437 g/mol. The molecule has 2 aromatic rings. The van der Waals surface area contributed by atoms with E-state index in [1.807, 2.05) is 0 Å². The highest BCUT2D eigenvalue weighted by Crippen LogP contribution is 2.29. The Balaban J connectivity index is 1.72. The predicted octanol–water partition coefficient (Wildman–Crippen LogP) is 4.22. The lowest BCUT2D eigenvalue weighted by Gasteiger charge is -2.26. The van der Waals surface area contributed by atoms with E-state index < -0.39 is 30.6 Å². The molecule has 1 unspecified atom stereocenters. The number of carbonyl (C=O) groups is 1. The Kier molecular flexibility index (Phi) is 6.34. The summed E-state index contributed by atoms with van der Waals surface area (Å²) in [6.07, 6.45) is -9.90. The molecule has 1 amide bonds. The number of rotatable bonds is 6. The summed E-state index contributed by atoms with van der Waals surface area (Å²) < 4.78 is 85.3. The van der Waals surface area contributed by atoms with Gasteiger partial charge in [0.05, 0.1) is 6.10 Å². The molecule has 1 saturated heterocycles. The minimum absolute atomic E-state index is 0.0243. The van der Waals surface area contributed by atoms with Gasteiger partial charge in [0.25, 0.3) is 0 Å². The molecule has 0 N–H and O–H groups in total. The Hall–Kier alpha value is -2.63. The van der Waals surface area contributed by atoms with E-state index in [4.69, 9.17) is 4.74 Å². The van der Waals surface area contributed by atoms with Gasteiger partial charge < -0.3 is 14.2 Å². The summed E-state index contributed by atoms with van der Waals surface area (Å²) in [5.41, 5.74) is 0.720. The van der Waals surface area contributed by atoms with Crippen LogP contribution in [0.1, 0.15) is 30.7 Å². The molecular weight excluding hydrogens is 420 g/mol. The van der Waals surface area contributed by atoms with Crippen molar-refractivity contribution >= 4 is 5.91 Å². The second kappa shape index (κ2) is 8.62. The Morgan fingerprint density at radius 3 is 2.37 bits per heavy atom. The maximum absolute atomic E-state index is 12.7. The summed E-state index contributed by atoms with van der Waals surface area (Å²) in [4.78, 5) is 16.5. The third-order valence-electron chi connectivity index (χ3n) is 4.41.